The number of anilines is 1. The molecule has 84 valence electrons. The van der Waals surface area contributed by atoms with E-state index in [1.165, 1.54) is 5.56 Å². The Balaban J connectivity index is 2.51. The van der Waals surface area contributed by atoms with E-state index in [2.05, 4.69) is 23.4 Å². The smallest absolute Gasteiger partial charge is 0.146 e. The van der Waals surface area contributed by atoms with Gasteiger partial charge in [0.05, 0.1) is 11.4 Å². The minimum atomic E-state index is 0.550. The van der Waals surface area contributed by atoms with Gasteiger partial charge < -0.3 is 11.1 Å². The van der Waals surface area contributed by atoms with Crippen LogP contribution in [0.15, 0.2) is 30.3 Å². The Bertz CT molecular complexity index is 488. The molecule has 3 N–H and O–H groups in total. The second-order valence-corrected chi connectivity index (χ2v) is 3.79. The Hall–Kier alpha value is -1.81. The highest BCUT2D eigenvalue weighted by Gasteiger charge is 2.08. The van der Waals surface area contributed by atoms with Crippen LogP contribution in [0.1, 0.15) is 11.3 Å². The van der Waals surface area contributed by atoms with Crippen LogP contribution in [0.2, 0.25) is 0 Å². The van der Waals surface area contributed by atoms with Crippen molar-refractivity contribution in [2.45, 2.75) is 13.5 Å². The molecule has 0 saturated carbocycles. The van der Waals surface area contributed by atoms with E-state index in [0.717, 1.165) is 17.9 Å². The molecule has 0 saturated heterocycles. The number of para-hydroxylation sites is 1. The monoisotopic (exact) mass is 216 g/mol. The summed E-state index contributed by atoms with van der Waals surface area (Å²) in [6, 6.07) is 10.0. The molecule has 1 heterocycles. The Morgan fingerprint density at radius 2 is 2.12 bits per heavy atom. The molecule has 2 rings (SSSR count). The van der Waals surface area contributed by atoms with Gasteiger partial charge in [-0.15, -0.1) is 0 Å². The maximum Gasteiger partial charge on any atom is 0.146 e. The van der Waals surface area contributed by atoms with Crippen molar-refractivity contribution in [3.8, 4) is 5.69 Å². The molecule has 0 aliphatic heterocycles. The number of nitrogens with two attached hydrogens (primary N) is 1. The lowest BCUT2D eigenvalue weighted by atomic mass is 10.2. The third-order valence-corrected chi connectivity index (χ3v) is 2.50. The Morgan fingerprint density at radius 1 is 1.38 bits per heavy atom. The molecule has 1 aromatic carbocycles. The molecule has 0 fully saturated rings. The van der Waals surface area contributed by atoms with E-state index in [9.17, 15) is 0 Å². The Kier molecular flexibility index (Phi) is 2.92. The number of aromatic nitrogens is 2. The van der Waals surface area contributed by atoms with Gasteiger partial charge in [0.1, 0.15) is 5.82 Å². The van der Waals surface area contributed by atoms with E-state index >= 15 is 0 Å². The second-order valence-electron chi connectivity index (χ2n) is 3.79. The van der Waals surface area contributed by atoms with Gasteiger partial charge in [0.2, 0.25) is 0 Å². The molecular formula is C12H16N4. The van der Waals surface area contributed by atoms with E-state index in [0.29, 0.717) is 5.82 Å². The van der Waals surface area contributed by atoms with Crippen LogP contribution in [0.3, 0.4) is 0 Å². The summed E-state index contributed by atoms with van der Waals surface area (Å²) in [7, 11) is 1.91. The van der Waals surface area contributed by atoms with Crippen molar-refractivity contribution in [3.05, 3.63) is 41.6 Å². The molecule has 0 atom stereocenters. The molecule has 0 aliphatic carbocycles. The van der Waals surface area contributed by atoms with Crippen LogP contribution in [0.5, 0.6) is 0 Å². The molecule has 16 heavy (non-hydrogen) atoms. The highest BCUT2D eigenvalue weighted by atomic mass is 15.3. The largest absolute Gasteiger partial charge is 0.382 e. The van der Waals surface area contributed by atoms with Crippen LogP contribution in [0.4, 0.5) is 5.82 Å². The molecule has 4 heteroatoms. The standard InChI is InChI=1S/C12H16N4/c1-9-5-3-4-6-11(9)16-10(8-14-2)7-12(13)15-16/h3-7,14H,8H2,1-2H3,(H2,13,15). The third-order valence-electron chi connectivity index (χ3n) is 2.50. The summed E-state index contributed by atoms with van der Waals surface area (Å²) in [6.07, 6.45) is 0. The zero-order valence-electron chi connectivity index (χ0n) is 9.57. The minimum Gasteiger partial charge on any atom is -0.382 e. The molecule has 0 unspecified atom stereocenters. The van der Waals surface area contributed by atoms with Gasteiger partial charge in [-0.05, 0) is 25.6 Å². The first kappa shape index (κ1) is 10.7. The molecular weight excluding hydrogens is 200 g/mol. The maximum absolute atomic E-state index is 5.74. The molecule has 0 amide bonds. The van der Waals surface area contributed by atoms with Gasteiger partial charge in [-0.3, -0.25) is 0 Å². The Labute approximate surface area is 95.1 Å². The summed E-state index contributed by atoms with van der Waals surface area (Å²) in [5, 5.41) is 7.43. The van der Waals surface area contributed by atoms with Crippen molar-refractivity contribution in [1.82, 2.24) is 15.1 Å². The van der Waals surface area contributed by atoms with Gasteiger partial charge >= 0.3 is 0 Å². The van der Waals surface area contributed by atoms with E-state index in [1.54, 1.807) is 0 Å². The minimum absolute atomic E-state index is 0.550. The number of hydrogen-bond acceptors (Lipinski definition) is 3. The first-order chi connectivity index (χ1) is 7.72. The maximum atomic E-state index is 5.74. The number of rotatable bonds is 3. The fraction of sp³-hybridized carbons (Fsp3) is 0.250. The normalized spacial score (nSPS) is 10.6. The van der Waals surface area contributed by atoms with Gasteiger partial charge in [-0.25, -0.2) is 4.68 Å². The van der Waals surface area contributed by atoms with Gasteiger partial charge in [-0.2, -0.15) is 5.10 Å². The number of hydrogen-bond donors (Lipinski definition) is 2. The molecule has 0 spiro atoms. The van der Waals surface area contributed by atoms with Crippen LogP contribution in [-0.4, -0.2) is 16.8 Å². The quantitative estimate of drug-likeness (QED) is 0.817. The lowest BCUT2D eigenvalue weighted by Gasteiger charge is -2.09. The van der Waals surface area contributed by atoms with Gasteiger partial charge in [0.25, 0.3) is 0 Å². The molecule has 0 aliphatic rings. The summed E-state index contributed by atoms with van der Waals surface area (Å²) in [6.45, 7) is 2.81. The first-order valence-electron chi connectivity index (χ1n) is 5.27. The van der Waals surface area contributed by atoms with Crippen molar-refractivity contribution in [2.75, 3.05) is 12.8 Å². The van der Waals surface area contributed by atoms with Gasteiger partial charge in [0, 0.05) is 12.6 Å². The lowest BCUT2D eigenvalue weighted by Crippen LogP contribution is -2.11. The van der Waals surface area contributed by atoms with E-state index in [-0.39, 0.29) is 0 Å². The third kappa shape index (κ3) is 1.92. The van der Waals surface area contributed by atoms with Crippen LogP contribution >= 0.6 is 0 Å². The lowest BCUT2D eigenvalue weighted by molar-refractivity contribution is 0.728. The Morgan fingerprint density at radius 3 is 2.81 bits per heavy atom. The molecule has 1 aromatic heterocycles. The number of nitrogen functional groups attached to an aromatic ring is 1. The highest BCUT2D eigenvalue weighted by Crippen LogP contribution is 2.17. The average Bonchev–Trinajstić information content (AvgIpc) is 2.61. The number of nitrogens with one attached hydrogen (secondary N) is 1. The van der Waals surface area contributed by atoms with Crippen molar-refractivity contribution in [1.29, 1.82) is 0 Å². The number of aryl methyl sites for hydroxylation is 1. The fourth-order valence-electron chi connectivity index (χ4n) is 1.76. The van der Waals surface area contributed by atoms with E-state index in [1.807, 2.05) is 36.0 Å². The molecule has 4 nitrogen and oxygen atoms in total. The first-order valence-corrected chi connectivity index (χ1v) is 5.27. The van der Waals surface area contributed by atoms with Crippen molar-refractivity contribution in [2.24, 2.45) is 0 Å². The number of nitrogens with zero attached hydrogens (tertiary/aromatic N) is 2. The summed E-state index contributed by atoms with van der Waals surface area (Å²) in [5.41, 5.74) is 9.06. The van der Waals surface area contributed by atoms with E-state index in [4.69, 9.17) is 5.73 Å². The van der Waals surface area contributed by atoms with Crippen LogP contribution < -0.4 is 11.1 Å². The van der Waals surface area contributed by atoms with Gasteiger partial charge in [-0.1, -0.05) is 18.2 Å². The van der Waals surface area contributed by atoms with Crippen LogP contribution in [0, 0.1) is 6.92 Å². The SMILES string of the molecule is CNCc1cc(N)nn1-c1ccccc1C. The molecule has 0 radical (unpaired) electrons. The highest BCUT2D eigenvalue weighted by molar-refractivity contribution is 5.43. The van der Waals surface area contributed by atoms with Crippen LogP contribution in [-0.2, 0) is 6.54 Å². The summed E-state index contributed by atoms with van der Waals surface area (Å²) in [5.74, 6) is 0.550. The molecule has 2 aromatic rings. The fourth-order valence-corrected chi connectivity index (χ4v) is 1.76. The number of benzene rings is 1. The summed E-state index contributed by atoms with van der Waals surface area (Å²) in [4.78, 5) is 0. The van der Waals surface area contributed by atoms with E-state index < -0.39 is 0 Å². The zero-order chi connectivity index (χ0) is 11.5. The van der Waals surface area contributed by atoms with Crippen molar-refractivity contribution < 1.29 is 0 Å². The van der Waals surface area contributed by atoms with Gasteiger partial charge in [0.15, 0.2) is 0 Å². The predicted molar refractivity (Wildman–Crippen MR) is 65.5 cm³/mol. The predicted octanol–water partition coefficient (Wildman–Crippen LogP) is 1.48. The van der Waals surface area contributed by atoms with Crippen LogP contribution in [0.25, 0.3) is 5.69 Å². The molecule has 0 bridgehead atoms. The average molecular weight is 216 g/mol. The van der Waals surface area contributed by atoms with Crippen molar-refractivity contribution >= 4 is 5.82 Å². The second kappa shape index (κ2) is 4.37. The van der Waals surface area contributed by atoms with Crippen molar-refractivity contribution in [3.63, 3.8) is 0 Å². The zero-order valence-corrected chi connectivity index (χ0v) is 9.57. The topological polar surface area (TPSA) is 55.9 Å². The summed E-state index contributed by atoms with van der Waals surface area (Å²) < 4.78 is 1.89. The summed E-state index contributed by atoms with van der Waals surface area (Å²) >= 11 is 0.